The van der Waals surface area contributed by atoms with E-state index in [4.69, 9.17) is 5.84 Å². The number of hydrogen-bond acceptors (Lipinski definition) is 4. The van der Waals surface area contributed by atoms with Gasteiger partial charge in [-0.25, -0.2) is 15.8 Å². The zero-order chi connectivity index (χ0) is 14.9. The van der Waals surface area contributed by atoms with Crippen LogP contribution in [0.1, 0.15) is 42.1 Å². The minimum Gasteiger partial charge on any atom is -0.308 e. The third kappa shape index (κ3) is 2.80. The summed E-state index contributed by atoms with van der Waals surface area (Å²) in [6.07, 6.45) is 0. The molecule has 0 unspecified atom stereocenters. The van der Waals surface area contributed by atoms with Crippen LogP contribution < -0.4 is 11.3 Å². The third-order valence-electron chi connectivity index (χ3n) is 3.57. The van der Waals surface area contributed by atoms with Gasteiger partial charge in [0.2, 0.25) is 0 Å². The van der Waals surface area contributed by atoms with Gasteiger partial charge in [0.05, 0.1) is 0 Å². The van der Waals surface area contributed by atoms with E-state index in [-0.39, 0.29) is 0 Å². The molecule has 0 saturated heterocycles. The summed E-state index contributed by atoms with van der Waals surface area (Å²) >= 11 is 0. The molecule has 2 rings (SSSR count). The lowest BCUT2D eigenvalue weighted by atomic mass is 10.00. The molecule has 0 bridgehead atoms. The van der Waals surface area contributed by atoms with Crippen molar-refractivity contribution in [2.75, 3.05) is 5.43 Å². The van der Waals surface area contributed by atoms with Crippen molar-refractivity contribution in [3.8, 4) is 11.4 Å². The topological polar surface area (TPSA) is 63.8 Å². The zero-order valence-corrected chi connectivity index (χ0v) is 12.8. The van der Waals surface area contributed by atoms with E-state index in [1.165, 1.54) is 16.7 Å². The highest BCUT2D eigenvalue weighted by molar-refractivity contribution is 5.64. The molecule has 0 spiro atoms. The Bertz CT molecular complexity index is 633. The van der Waals surface area contributed by atoms with Crippen LogP contribution >= 0.6 is 0 Å². The lowest BCUT2D eigenvalue weighted by Gasteiger charge is -2.13. The second-order valence-electron chi connectivity index (χ2n) is 5.55. The summed E-state index contributed by atoms with van der Waals surface area (Å²) < 4.78 is 0. The number of aromatic nitrogens is 2. The van der Waals surface area contributed by atoms with E-state index in [2.05, 4.69) is 62.1 Å². The number of benzene rings is 1. The second kappa shape index (κ2) is 5.59. The quantitative estimate of drug-likeness (QED) is 0.662. The van der Waals surface area contributed by atoms with Crippen molar-refractivity contribution in [1.29, 1.82) is 0 Å². The van der Waals surface area contributed by atoms with E-state index in [1.807, 2.05) is 6.07 Å². The van der Waals surface area contributed by atoms with Gasteiger partial charge in [-0.05, 0) is 49.4 Å². The molecule has 1 aromatic carbocycles. The van der Waals surface area contributed by atoms with E-state index in [9.17, 15) is 0 Å². The number of nitrogen functional groups attached to an aromatic ring is 1. The van der Waals surface area contributed by atoms with Gasteiger partial charge >= 0.3 is 0 Å². The van der Waals surface area contributed by atoms with Crippen LogP contribution in [0.4, 0.5) is 5.82 Å². The van der Waals surface area contributed by atoms with E-state index in [0.717, 1.165) is 17.1 Å². The molecule has 0 aliphatic heterocycles. The minimum atomic E-state index is 0.329. The second-order valence-corrected chi connectivity index (χ2v) is 5.55. The van der Waals surface area contributed by atoms with Gasteiger partial charge in [-0.15, -0.1) is 0 Å². The molecule has 4 heteroatoms. The Morgan fingerprint density at radius 2 is 1.60 bits per heavy atom. The summed E-state index contributed by atoms with van der Waals surface area (Å²) in [4.78, 5) is 9.16. The van der Waals surface area contributed by atoms with Gasteiger partial charge in [-0.3, -0.25) is 0 Å². The highest BCUT2D eigenvalue weighted by Gasteiger charge is 2.12. The Morgan fingerprint density at radius 1 is 0.950 bits per heavy atom. The molecular weight excluding hydrogens is 248 g/mol. The summed E-state index contributed by atoms with van der Waals surface area (Å²) in [7, 11) is 0. The molecule has 20 heavy (non-hydrogen) atoms. The average molecular weight is 270 g/mol. The number of nitrogens with zero attached hydrogens (tertiary/aromatic N) is 2. The number of aryl methyl sites for hydroxylation is 3. The minimum absolute atomic E-state index is 0.329. The Morgan fingerprint density at radius 3 is 2.20 bits per heavy atom. The Kier molecular flexibility index (Phi) is 4.04. The number of anilines is 1. The predicted octanol–water partition coefficient (Wildman–Crippen LogP) is 3.48. The van der Waals surface area contributed by atoms with Gasteiger partial charge in [0.15, 0.2) is 5.82 Å². The number of hydrazine groups is 1. The molecule has 0 fully saturated rings. The van der Waals surface area contributed by atoms with Crippen LogP contribution in [0.3, 0.4) is 0 Å². The van der Waals surface area contributed by atoms with E-state index < -0.39 is 0 Å². The van der Waals surface area contributed by atoms with Crippen LogP contribution in [0.2, 0.25) is 0 Å². The third-order valence-corrected chi connectivity index (χ3v) is 3.57. The van der Waals surface area contributed by atoms with Gasteiger partial charge in [0, 0.05) is 17.3 Å². The number of nitrogens with one attached hydrogen (secondary N) is 1. The van der Waals surface area contributed by atoms with Crippen LogP contribution in [0.25, 0.3) is 11.4 Å². The molecular formula is C16H22N4. The number of nitrogens with two attached hydrogens (primary N) is 1. The molecule has 4 nitrogen and oxygen atoms in total. The van der Waals surface area contributed by atoms with E-state index in [1.54, 1.807) is 0 Å². The van der Waals surface area contributed by atoms with Crippen LogP contribution in [-0.4, -0.2) is 9.97 Å². The summed E-state index contributed by atoms with van der Waals surface area (Å²) in [6, 6.07) is 6.21. The first-order valence-electron chi connectivity index (χ1n) is 6.86. The Hall–Kier alpha value is -1.94. The average Bonchev–Trinajstić information content (AvgIpc) is 2.42. The van der Waals surface area contributed by atoms with Crippen molar-refractivity contribution < 1.29 is 0 Å². The fourth-order valence-corrected chi connectivity index (χ4v) is 2.16. The molecule has 0 saturated carbocycles. The van der Waals surface area contributed by atoms with E-state index in [0.29, 0.717) is 11.7 Å². The highest BCUT2D eigenvalue weighted by Crippen LogP contribution is 2.26. The zero-order valence-electron chi connectivity index (χ0n) is 12.8. The first kappa shape index (κ1) is 14.5. The van der Waals surface area contributed by atoms with E-state index >= 15 is 0 Å². The van der Waals surface area contributed by atoms with Crippen molar-refractivity contribution in [2.45, 2.75) is 40.5 Å². The van der Waals surface area contributed by atoms with Crippen LogP contribution in [0.5, 0.6) is 0 Å². The maximum Gasteiger partial charge on any atom is 0.162 e. The highest BCUT2D eigenvalue weighted by atomic mass is 15.3. The predicted molar refractivity (Wildman–Crippen MR) is 83.6 cm³/mol. The smallest absolute Gasteiger partial charge is 0.162 e. The molecule has 2 aromatic rings. The van der Waals surface area contributed by atoms with Crippen molar-refractivity contribution in [3.63, 3.8) is 0 Å². The first-order chi connectivity index (χ1) is 9.42. The molecule has 0 aliphatic rings. The molecule has 1 aromatic heterocycles. The molecule has 106 valence electrons. The summed E-state index contributed by atoms with van der Waals surface area (Å²) in [6.45, 7) is 10.5. The molecule has 0 radical (unpaired) electrons. The lowest BCUT2D eigenvalue weighted by molar-refractivity contribution is 0.817. The van der Waals surface area contributed by atoms with Crippen molar-refractivity contribution in [2.24, 2.45) is 5.84 Å². The molecule has 0 atom stereocenters. The van der Waals surface area contributed by atoms with Gasteiger partial charge in [0.25, 0.3) is 0 Å². The maximum absolute atomic E-state index is 5.52. The first-order valence-corrected chi connectivity index (χ1v) is 6.86. The Balaban J connectivity index is 2.62. The lowest BCUT2D eigenvalue weighted by Crippen LogP contribution is -2.11. The van der Waals surface area contributed by atoms with Gasteiger partial charge in [-0.2, -0.15) is 0 Å². The van der Waals surface area contributed by atoms with Gasteiger partial charge in [0.1, 0.15) is 5.82 Å². The summed E-state index contributed by atoms with van der Waals surface area (Å²) in [5, 5.41) is 0. The Labute approximate surface area is 120 Å². The summed E-state index contributed by atoms with van der Waals surface area (Å²) in [5.74, 6) is 7.22. The van der Waals surface area contributed by atoms with Crippen LogP contribution in [0, 0.1) is 20.8 Å². The molecule has 3 N–H and O–H groups in total. The van der Waals surface area contributed by atoms with Gasteiger partial charge < -0.3 is 5.43 Å². The SMILES string of the molecule is Cc1cc(C)c(-c2nc(NN)cc(C(C)C)n2)cc1C. The molecule has 0 aliphatic carbocycles. The monoisotopic (exact) mass is 270 g/mol. The summed E-state index contributed by atoms with van der Waals surface area (Å²) in [5.41, 5.74) is 8.38. The largest absolute Gasteiger partial charge is 0.308 e. The molecule has 0 amide bonds. The van der Waals surface area contributed by atoms with Crippen LogP contribution in [-0.2, 0) is 0 Å². The molecule has 1 heterocycles. The van der Waals surface area contributed by atoms with Crippen molar-refractivity contribution in [1.82, 2.24) is 9.97 Å². The fraction of sp³-hybridized carbons (Fsp3) is 0.375. The fourth-order valence-electron chi connectivity index (χ4n) is 2.16. The maximum atomic E-state index is 5.52. The van der Waals surface area contributed by atoms with Crippen LogP contribution in [0.15, 0.2) is 18.2 Å². The van der Waals surface area contributed by atoms with Gasteiger partial charge in [-0.1, -0.05) is 19.9 Å². The van der Waals surface area contributed by atoms with Crippen molar-refractivity contribution >= 4 is 5.82 Å². The number of hydrogen-bond donors (Lipinski definition) is 2. The number of rotatable bonds is 3. The van der Waals surface area contributed by atoms with Crippen molar-refractivity contribution in [3.05, 3.63) is 40.6 Å². The standard InChI is InChI=1S/C16H22N4/c1-9(2)14-8-15(20-17)19-16(18-14)13-7-11(4)10(3)6-12(13)5/h6-9H,17H2,1-5H3,(H,18,19,20). The normalized spacial score (nSPS) is 10.9.